The largest absolute Gasteiger partial charge is 0.456 e. The third kappa shape index (κ3) is 3.66. The average molecular weight is 449 g/mol. The molecule has 34 heavy (non-hydrogen) atoms. The Hall–Kier alpha value is -3.90. The molecular weight excluding hydrogens is 416 g/mol. The van der Waals surface area contributed by atoms with Gasteiger partial charge in [0.25, 0.3) is 0 Å². The number of fused-ring (bicyclic) bond motifs is 3. The van der Waals surface area contributed by atoms with Crippen LogP contribution in [0, 0.1) is 26.3 Å². The minimum absolute atomic E-state index is 0.169. The Bertz CT molecular complexity index is 1720. The van der Waals surface area contributed by atoms with E-state index in [0.717, 1.165) is 44.3 Å². The van der Waals surface area contributed by atoms with Crippen molar-refractivity contribution in [3.8, 4) is 22.4 Å². The van der Waals surface area contributed by atoms with Gasteiger partial charge in [0.15, 0.2) is 11.9 Å². The van der Waals surface area contributed by atoms with E-state index in [4.69, 9.17) is 15.1 Å². The van der Waals surface area contributed by atoms with Crippen LogP contribution in [0.5, 0.6) is 0 Å². The molecule has 5 aromatic rings. The van der Waals surface area contributed by atoms with E-state index < -0.39 is 6.37 Å². The predicted molar refractivity (Wildman–Crippen MR) is 140 cm³/mol. The molecule has 0 radical (unpaired) electrons. The molecule has 3 heteroatoms. The fraction of sp³-hybridized carbons (Fsp3) is 0.226. The molecule has 0 saturated carbocycles. The second kappa shape index (κ2) is 8.47. The van der Waals surface area contributed by atoms with E-state index in [1.54, 1.807) is 12.3 Å². The van der Waals surface area contributed by atoms with Crippen molar-refractivity contribution in [1.29, 1.82) is 0 Å². The summed E-state index contributed by atoms with van der Waals surface area (Å²) in [5.74, 6) is -0.288. The Kier molecular flexibility index (Phi) is 4.61. The first-order chi connectivity index (χ1) is 17.5. The molecule has 0 N–H and O–H groups in total. The van der Waals surface area contributed by atoms with E-state index in [2.05, 4.69) is 4.85 Å². The number of nitrogens with zero attached hydrogens (tertiary/aromatic N) is 2. The average Bonchev–Trinajstić information content (AvgIpc) is 3.23. The maximum atomic E-state index is 8.67. The van der Waals surface area contributed by atoms with Crippen LogP contribution in [0.3, 0.4) is 0 Å². The Morgan fingerprint density at radius 3 is 2.35 bits per heavy atom. The normalized spacial score (nSPS) is 13.1. The maximum absolute atomic E-state index is 8.67. The van der Waals surface area contributed by atoms with Gasteiger partial charge in [-0.15, -0.1) is 0 Å². The summed E-state index contributed by atoms with van der Waals surface area (Å²) in [7, 11) is 1.87. The minimum Gasteiger partial charge on any atom is -0.456 e. The highest BCUT2D eigenvalue weighted by atomic mass is 16.3. The van der Waals surface area contributed by atoms with Crippen molar-refractivity contribution in [2.75, 3.05) is 0 Å². The van der Waals surface area contributed by atoms with Crippen molar-refractivity contribution < 1.29 is 13.1 Å². The first-order valence-electron chi connectivity index (χ1n) is 13.0. The van der Waals surface area contributed by atoms with Gasteiger partial charge in [-0.25, -0.2) is 9.41 Å². The monoisotopic (exact) mass is 448 g/mol. The highest BCUT2D eigenvalue weighted by Crippen LogP contribution is 2.44. The van der Waals surface area contributed by atoms with Crippen molar-refractivity contribution in [3.05, 3.63) is 94.9 Å². The quantitative estimate of drug-likeness (QED) is 0.201. The number of benzene rings is 3. The number of furan rings is 1. The van der Waals surface area contributed by atoms with Crippen LogP contribution < -0.4 is 4.57 Å². The summed E-state index contributed by atoms with van der Waals surface area (Å²) in [5.41, 5.74) is 7.71. The zero-order valence-electron chi connectivity index (χ0n) is 23.2. The summed E-state index contributed by atoms with van der Waals surface area (Å²) < 4.78 is 34.3. The standard InChI is InChI=1S/C31H29N2O/c1-19(2)17-22-15-16-33(6)27(18-22)28-21(4)9-12-24-25-13-14-26(32-5)29(31(25)34-30(24)28)23-10-7-20(3)8-11-23/h7-16,18-19H,17H2,1-4,6H3/q+1/i15D,17D2. The van der Waals surface area contributed by atoms with Gasteiger partial charge in [0, 0.05) is 31.2 Å². The van der Waals surface area contributed by atoms with Crippen molar-refractivity contribution in [1.82, 2.24) is 0 Å². The topological polar surface area (TPSA) is 21.4 Å². The fourth-order valence-electron chi connectivity index (χ4n) is 4.56. The van der Waals surface area contributed by atoms with Gasteiger partial charge in [-0.3, -0.25) is 0 Å². The summed E-state index contributed by atoms with van der Waals surface area (Å²) in [6, 6.07) is 18.0. The van der Waals surface area contributed by atoms with Crippen molar-refractivity contribution in [3.63, 3.8) is 0 Å². The second-order valence-corrected chi connectivity index (χ2v) is 9.18. The third-order valence-corrected chi connectivity index (χ3v) is 6.23. The first-order valence-corrected chi connectivity index (χ1v) is 11.5. The van der Waals surface area contributed by atoms with E-state index in [-0.39, 0.29) is 12.0 Å². The molecule has 0 unspecified atom stereocenters. The summed E-state index contributed by atoms with van der Waals surface area (Å²) >= 11 is 0. The molecule has 2 heterocycles. The van der Waals surface area contributed by atoms with Gasteiger partial charge in [-0.05, 0) is 42.8 Å². The lowest BCUT2D eigenvalue weighted by atomic mass is 9.96. The van der Waals surface area contributed by atoms with E-state index in [9.17, 15) is 0 Å². The summed E-state index contributed by atoms with van der Waals surface area (Å²) in [4.78, 5) is 3.79. The Balaban J connectivity index is 1.86. The Morgan fingerprint density at radius 2 is 1.68 bits per heavy atom. The SMILES string of the molecule is [2H]c1c[n+](C)c(-c2c(C)ccc3c2oc2c(-c4ccc(C)cc4)c([N+]#[C-])ccc23)cc1C([2H])([2H])C(C)C. The van der Waals surface area contributed by atoms with Crippen LogP contribution in [0.15, 0.2) is 71.3 Å². The number of pyridine rings is 1. The molecule has 5 rings (SSSR count). The highest BCUT2D eigenvalue weighted by Gasteiger charge is 2.23. The molecule has 0 saturated heterocycles. The Morgan fingerprint density at radius 1 is 1.00 bits per heavy atom. The van der Waals surface area contributed by atoms with Gasteiger partial charge in [-0.2, -0.15) is 0 Å². The molecule has 0 atom stereocenters. The maximum Gasteiger partial charge on any atom is 0.216 e. The molecule has 0 bridgehead atoms. The molecule has 0 fully saturated rings. The molecule has 0 aliphatic heterocycles. The fourth-order valence-corrected chi connectivity index (χ4v) is 4.56. The van der Waals surface area contributed by atoms with Gasteiger partial charge < -0.3 is 4.42 Å². The predicted octanol–water partition coefficient (Wildman–Crippen LogP) is 8.11. The number of rotatable bonds is 4. The summed E-state index contributed by atoms with van der Waals surface area (Å²) in [5, 5.41) is 1.86. The second-order valence-electron chi connectivity index (χ2n) is 9.18. The molecule has 2 aromatic heterocycles. The van der Waals surface area contributed by atoms with Crippen LogP contribution in [0.2, 0.25) is 0 Å². The third-order valence-electron chi connectivity index (χ3n) is 6.23. The van der Waals surface area contributed by atoms with Crippen molar-refractivity contribution >= 4 is 27.6 Å². The number of hydrogen-bond donors (Lipinski definition) is 0. The lowest BCUT2D eigenvalue weighted by Gasteiger charge is -2.09. The molecule has 0 aliphatic carbocycles. The van der Waals surface area contributed by atoms with Crippen molar-refractivity contribution in [2.45, 2.75) is 34.1 Å². The number of aryl methyl sites for hydroxylation is 3. The molecule has 3 nitrogen and oxygen atoms in total. The van der Waals surface area contributed by atoms with Crippen LogP contribution in [-0.2, 0) is 13.4 Å². The number of aromatic nitrogens is 1. The lowest BCUT2D eigenvalue weighted by Crippen LogP contribution is -2.31. The van der Waals surface area contributed by atoms with Crippen LogP contribution >= 0.6 is 0 Å². The van der Waals surface area contributed by atoms with Crippen LogP contribution in [0.1, 0.15) is 34.7 Å². The highest BCUT2D eigenvalue weighted by molar-refractivity contribution is 6.15. The smallest absolute Gasteiger partial charge is 0.216 e. The molecule has 168 valence electrons. The van der Waals surface area contributed by atoms with E-state index >= 15 is 0 Å². The van der Waals surface area contributed by atoms with E-state index in [1.807, 2.05) is 87.8 Å². The number of hydrogen-bond acceptors (Lipinski definition) is 1. The molecule has 0 aliphatic rings. The molecule has 0 spiro atoms. The van der Waals surface area contributed by atoms with Gasteiger partial charge >= 0.3 is 0 Å². The first kappa shape index (κ1) is 18.5. The van der Waals surface area contributed by atoms with Gasteiger partial charge in [0.2, 0.25) is 5.69 Å². The van der Waals surface area contributed by atoms with Crippen LogP contribution in [0.4, 0.5) is 5.69 Å². The summed E-state index contributed by atoms with van der Waals surface area (Å²) in [6.07, 6.45) is 0.0134. The van der Waals surface area contributed by atoms with E-state index in [1.165, 1.54) is 0 Å². The van der Waals surface area contributed by atoms with Crippen molar-refractivity contribution in [2.24, 2.45) is 13.0 Å². The lowest BCUT2D eigenvalue weighted by molar-refractivity contribution is -0.660. The Labute approximate surface area is 205 Å². The molecular formula is C31H29N2O+. The van der Waals surface area contributed by atoms with Gasteiger partial charge in [0.1, 0.15) is 18.2 Å². The van der Waals surface area contributed by atoms with Gasteiger partial charge in [0.05, 0.1) is 13.5 Å². The van der Waals surface area contributed by atoms with Crippen LogP contribution in [0.25, 0.3) is 49.2 Å². The molecule has 0 amide bonds. The summed E-state index contributed by atoms with van der Waals surface area (Å²) in [6.45, 7) is 15.5. The van der Waals surface area contributed by atoms with Crippen LogP contribution in [-0.4, -0.2) is 0 Å². The zero-order chi connectivity index (χ0) is 26.6. The zero-order valence-corrected chi connectivity index (χ0v) is 20.2. The molecule has 3 aromatic carbocycles. The minimum atomic E-state index is -1.65. The van der Waals surface area contributed by atoms with Gasteiger partial charge in [-0.1, -0.05) is 67.9 Å². The van der Waals surface area contributed by atoms with E-state index in [0.29, 0.717) is 22.4 Å².